The standard InChI is InChI=1S/C88H148N2O11/c1-3-5-7-9-11-13-15-17-19-21-23-25-27-29-31-45-61-98-79-87(81-100-77-85-53-41-35-42-54-85)89(57-47-63-96-75-83-49-37-33-38-50-83)59-65-91-67-69-93-71-73-95-74-72-94-70-68-92-66-60-90(58-48-64-97-76-84-51-39-34-40-52-84)88(82-101-78-86-55-43-36-44-56-86)80-99-62-46-32-30-28-26-24-22-20-18-16-14-12-10-8-6-4-2/h33-44,49-56,87-88H,3-32,45-48,57-82H2,1-2H3. The zero-order chi connectivity index (χ0) is 71.0. The summed E-state index contributed by atoms with van der Waals surface area (Å²) < 4.78 is 68.1. The molecule has 2 unspecified atom stereocenters. The van der Waals surface area contributed by atoms with E-state index in [1.165, 1.54) is 215 Å². The molecule has 0 saturated heterocycles. The Kier molecular flexibility index (Phi) is 62.8. The first-order valence-electron chi connectivity index (χ1n) is 41.2. The zero-order valence-corrected chi connectivity index (χ0v) is 64.5. The zero-order valence-electron chi connectivity index (χ0n) is 64.5. The summed E-state index contributed by atoms with van der Waals surface area (Å²) in [6.07, 6.45) is 45.4. The van der Waals surface area contributed by atoms with Crippen LogP contribution in [0.4, 0.5) is 0 Å². The van der Waals surface area contributed by atoms with Gasteiger partial charge in [0, 0.05) is 52.6 Å². The first-order valence-corrected chi connectivity index (χ1v) is 41.2. The molecule has 4 rings (SSSR count). The van der Waals surface area contributed by atoms with E-state index >= 15 is 0 Å². The molecule has 0 saturated carbocycles. The van der Waals surface area contributed by atoms with Crippen molar-refractivity contribution in [2.45, 2.75) is 271 Å². The van der Waals surface area contributed by atoms with E-state index in [1.807, 2.05) is 12.1 Å². The van der Waals surface area contributed by atoms with Gasteiger partial charge < -0.3 is 52.1 Å². The molecule has 0 amide bonds. The molecule has 0 bridgehead atoms. The molecule has 13 nitrogen and oxygen atoms in total. The van der Waals surface area contributed by atoms with E-state index in [2.05, 4.69) is 133 Å². The molecular weight excluding hydrogens is 1260 g/mol. The van der Waals surface area contributed by atoms with Crippen molar-refractivity contribution in [3.05, 3.63) is 144 Å². The number of hydrogen-bond donors (Lipinski definition) is 0. The highest BCUT2D eigenvalue weighted by Gasteiger charge is 2.21. The van der Waals surface area contributed by atoms with Gasteiger partial charge in [-0.25, -0.2) is 0 Å². The third-order valence-corrected chi connectivity index (χ3v) is 19.0. The maximum absolute atomic E-state index is 6.46. The van der Waals surface area contributed by atoms with Crippen molar-refractivity contribution < 1.29 is 52.1 Å². The van der Waals surface area contributed by atoms with Gasteiger partial charge in [0.15, 0.2) is 0 Å². The summed E-state index contributed by atoms with van der Waals surface area (Å²) in [5.74, 6) is 0. The smallest absolute Gasteiger partial charge is 0.0717 e. The normalized spacial score (nSPS) is 12.4. The molecule has 13 heteroatoms. The fourth-order valence-corrected chi connectivity index (χ4v) is 12.8. The highest BCUT2D eigenvalue weighted by atomic mass is 16.6. The molecule has 0 aliphatic heterocycles. The van der Waals surface area contributed by atoms with E-state index in [0.717, 1.165) is 65.1 Å². The van der Waals surface area contributed by atoms with E-state index in [0.29, 0.717) is 132 Å². The number of ether oxygens (including phenoxy) is 11. The van der Waals surface area contributed by atoms with Crippen LogP contribution in [0.15, 0.2) is 121 Å². The van der Waals surface area contributed by atoms with E-state index < -0.39 is 0 Å². The van der Waals surface area contributed by atoms with Gasteiger partial charge in [-0.2, -0.15) is 0 Å². The molecule has 0 aliphatic carbocycles. The van der Waals surface area contributed by atoms with Gasteiger partial charge in [0.05, 0.1) is 131 Å². The molecule has 0 radical (unpaired) electrons. The highest BCUT2D eigenvalue weighted by molar-refractivity contribution is 5.15. The third kappa shape index (κ3) is 55.5. The Bertz CT molecular complexity index is 2100. The van der Waals surface area contributed by atoms with Crippen LogP contribution in [0.25, 0.3) is 0 Å². The topological polar surface area (TPSA) is 108 Å². The number of unbranched alkanes of at least 4 members (excludes halogenated alkanes) is 30. The molecule has 576 valence electrons. The molecule has 0 N–H and O–H groups in total. The maximum Gasteiger partial charge on any atom is 0.0717 e. The quantitative estimate of drug-likeness (QED) is 0.0392. The first kappa shape index (κ1) is 89.8. The largest absolute Gasteiger partial charge is 0.380 e. The van der Waals surface area contributed by atoms with E-state index in [-0.39, 0.29) is 12.1 Å². The fraction of sp³-hybridized carbons (Fsp3) is 0.727. The van der Waals surface area contributed by atoms with Gasteiger partial charge in [0.25, 0.3) is 0 Å². The molecular formula is C88H148N2O11. The Morgan fingerprint density at radius 1 is 0.198 bits per heavy atom. The van der Waals surface area contributed by atoms with Crippen molar-refractivity contribution in [3.63, 3.8) is 0 Å². The lowest BCUT2D eigenvalue weighted by molar-refractivity contribution is -0.0283. The minimum absolute atomic E-state index is 0.0916. The summed E-state index contributed by atoms with van der Waals surface area (Å²) in [4.78, 5) is 4.96. The number of nitrogens with zero attached hydrogens (tertiary/aromatic N) is 2. The minimum Gasteiger partial charge on any atom is -0.380 e. The summed E-state index contributed by atoms with van der Waals surface area (Å²) in [6.45, 7) is 20.7. The minimum atomic E-state index is 0.0916. The molecule has 4 aromatic carbocycles. The second-order valence-corrected chi connectivity index (χ2v) is 28.0. The van der Waals surface area contributed by atoms with Crippen molar-refractivity contribution in [3.8, 4) is 0 Å². The van der Waals surface area contributed by atoms with Gasteiger partial charge in [0.2, 0.25) is 0 Å². The Hall–Kier alpha value is -3.64. The maximum atomic E-state index is 6.46. The molecule has 0 heterocycles. The van der Waals surface area contributed by atoms with Crippen LogP contribution < -0.4 is 0 Å². The molecule has 4 aromatic rings. The van der Waals surface area contributed by atoms with Crippen LogP contribution in [0, 0.1) is 0 Å². The Balaban J connectivity index is 1.11. The second kappa shape index (κ2) is 70.7. The summed E-state index contributed by atoms with van der Waals surface area (Å²) in [7, 11) is 0. The van der Waals surface area contributed by atoms with Crippen molar-refractivity contribution in [1.29, 1.82) is 0 Å². The van der Waals surface area contributed by atoms with Crippen molar-refractivity contribution in [2.24, 2.45) is 0 Å². The lowest BCUT2D eigenvalue weighted by Crippen LogP contribution is -2.44. The van der Waals surface area contributed by atoms with Gasteiger partial charge in [-0.3, -0.25) is 9.80 Å². The molecule has 0 aromatic heterocycles. The number of hydrogen-bond acceptors (Lipinski definition) is 13. The van der Waals surface area contributed by atoms with E-state index in [9.17, 15) is 0 Å². The Morgan fingerprint density at radius 2 is 0.416 bits per heavy atom. The second-order valence-electron chi connectivity index (χ2n) is 28.0. The fourth-order valence-electron chi connectivity index (χ4n) is 12.8. The third-order valence-electron chi connectivity index (χ3n) is 19.0. The molecule has 101 heavy (non-hydrogen) atoms. The van der Waals surface area contributed by atoms with Crippen molar-refractivity contribution in [1.82, 2.24) is 9.80 Å². The summed E-state index contributed by atoms with van der Waals surface area (Å²) in [6, 6.07) is 41.9. The van der Waals surface area contributed by atoms with Gasteiger partial charge >= 0.3 is 0 Å². The van der Waals surface area contributed by atoms with Crippen molar-refractivity contribution >= 4 is 0 Å². The van der Waals surface area contributed by atoms with Gasteiger partial charge in [0.1, 0.15) is 0 Å². The van der Waals surface area contributed by atoms with E-state index in [1.54, 1.807) is 0 Å². The van der Waals surface area contributed by atoms with Crippen LogP contribution in [0.1, 0.15) is 254 Å². The van der Waals surface area contributed by atoms with Crippen LogP contribution >= 0.6 is 0 Å². The van der Waals surface area contributed by atoms with Crippen LogP contribution in [-0.2, 0) is 78.5 Å². The van der Waals surface area contributed by atoms with Crippen LogP contribution in [0.3, 0.4) is 0 Å². The Morgan fingerprint density at radius 3 is 0.683 bits per heavy atom. The molecule has 0 fully saturated rings. The van der Waals surface area contributed by atoms with Crippen LogP contribution in [-0.4, -0.2) is 167 Å². The SMILES string of the molecule is CCCCCCCCCCCCCCCCCCOCC(COCc1ccccc1)N(CCCOCc1ccccc1)CCOCCOCCOCCOCCOCCN(CCCOCc1ccccc1)C(COCCCCCCCCCCCCCCCCCC)COCc1ccccc1. The average Bonchev–Trinajstić information content (AvgIpc) is 1.68. The average molecular weight is 1410 g/mol. The van der Waals surface area contributed by atoms with Gasteiger partial charge in [-0.15, -0.1) is 0 Å². The monoisotopic (exact) mass is 1410 g/mol. The predicted octanol–water partition coefficient (Wildman–Crippen LogP) is 20.6. The molecule has 2 atom stereocenters. The summed E-state index contributed by atoms with van der Waals surface area (Å²) >= 11 is 0. The summed E-state index contributed by atoms with van der Waals surface area (Å²) in [5.41, 5.74) is 4.73. The molecule has 0 spiro atoms. The Labute approximate surface area is 618 Å². The van der Waals surface area contributed by atoms with Gasteiger partial charge in [-0.05, 0) is 47.9 Å². The lowest BCUT2D eigenvalue weighted by Gasteiger charge is -2.31. The molecule has 0 aliphatic rings. The van der Waals surface area contributed by atoms with Gasteiger partial charge in [-0.1, -0.05) is 328 Å². The lowest BCUT2D eigenvalue weighted by atomic mass is 10.0. The number of benzene rings is 4. The van der Waals surface area contributed by atoms with Crippen LogP contribution in [0.2, 0.25) is 0 Å². The van der Waals surface area contributed by atoms with Crippen LogP contribution in [0.5, 0.6) is 0 Å². The summed E-state index contributed by atoms with van der Waals surface area (Å²) in [5, 5.41) is 0. The predicted molar refractivity (Wildman–Crippen MR) is 419 cm³/mol. The highest BCUT2D eigenvalue weighted by Crippen LogP contribution is 2.18. The number of rotatable bonds is 78. The first-order chi connectivity index (χ1) is 50.2. The van der Waals surface area contributed by atoms with E-state index in [4.69, 9.17) is 52.1 Å². The van der Waals surface area contributed by atoms with Crippen molar-refractivity contribution in [2.75, 3.05) is 145 Å².